The molecular weight excluding hydrogens is 356 g/mol. The molecule has 7 heteroatoms. The molecule has 20 heavy (non-hydrogen) atoms. The van der Waals surface area contributed by atoms with Crippen LogP contribution in [0.2, 0.25) is 0 Å². The van der Waals surface area contributed by atoms with Crippen LogP contribution in [0.1, 0.15) is 11.3 Å². The average Bonchev–Trinajstić information content (AvgIpc) is 3.08. The van der Waals surface area contributed by atoms with Crippen LogP contribution in [0, 0.1) is 0 Å². The van der Waals surface area contributed by atoms with Crippen LogP contribution in [-0.2, 0) is 13.1 Å². The van der Waals surface area contributed by atoms with Gasteiger partial charge in [0.25, 0.3) is 0 Å². The summed E-state index contributed by atoms with van der Waals surface area (Å²) in [5.74, 6) is 1.05. The first kappa shape index (κ1) is 14.1. The third-order valence-electron chi connectivity index (χ3n) is 3.09. The quantitative estimate of drug-likeness (QED) is 0.744. The number of rotatable bonds is 5. The fraction of sp³-hybridized carbons (Fsp3) is 0.308. The molecule has 3 rings (SSSR count). The standard InChI is InChI=1S/C13H15BrN4S2/c1-15-6-10-12(16-13-18(10)3-4-19-13)17(2)7-9-5-11(14)20-8-9/h3-5,8,15H,6-7H2,1-2H3. The first-order chi connectivity index (χ1) is 9.69. The molecule has 3 aromatic heterocycles. The van der Waals surface area contributed by atoms with Gasteiger partial charge in [0.15, 0.2) is 10.8 Å². The SMILES string of the molecule is CNCc1c(N(C)Cc2csc(Br)c2)nc2sccn12. The molecule has 0 spiro atoms. The highest BCUT2D eigenvalue weighted by Gasteiger charge is 2.16. The van der Waals surface area contributed by atoms with Gasteiger partial charge in [-0.3, -0.25) is 4.40 Å². The average molecular weight is 371 g/mol. The Bertz CT molecular complexity index is 715. The number of thiazole rings is 1. The summed E-state index contributed by atoms with van der Waals surface area (Å²) in [4.78, 5) is 8.01. The van der Waals surface area contributed by atoms with Gasteiger partial charge in [-0.15, -0.1) is 22.7 Å². The third kappa shape index (κ3) is 2.63. The van der Waals surface area contributed by atoms with Gasteiger partial charge >= 0.3 is 0 Å². The Morgan fingerprint density at radius 1 is 1.45 bits per heavy atom. The highest BCUT2D eigenvalue weighted by molar-refractivity contribution is 9.11. The van der Waals surface area contributed by atoms with Gasteiger partial charge in [0.1, 0.15) is 0 Å². The summed E-state index contributed by atoms with van der Waals surface area (Å²) in [5.41, 5.74) is 2.51. The van der Waals surface area contributed by atoms with E-state index in [-0.39, 0.29) is 0 Å². The molecule has 0 saturated heterocycles. The van der Waals surface area contributed by atoms with Crippen molar-refractivity contribution in [2.24, 2.45) is 0 Å². The molecule has 0 aliphatic heterocycles. The van der Waals surface area contributed by atoms with E-state index in [1.807, 2.05) is 7.05 Å². The van der Waals surface area contributed by atoms with Crippen molar-refractivity contribution in [1.82, 2.24) is 14.7 Å². The lowest BCUT2D eigenvalue weighted by molar-refractivity contribution is 0.772. The van der Waals surface area contributed by atoms with Gasteiger partial charge < -0.3 is 10.2 Å². The highest BCUT2D eigenvalue weighted by atomic mass is 79.9. The molecule has 0 aromatic carbocycles. The minimum absolute atomic E-state index is 0.810. The summed E-state index contributed by atoms with van der Waals surface area (Å²) in [6.45, 7) is 1.68. The van der Waals surface area contributed by atoms with Gasteiger partial charge in [-0.1, -0.05) is 0 Å². The van der Waals surface area contributed by atoms with Crippen LogP contribution in [0.5, 0.6) is 0 Å². The van der Waals surface area contributed by atoms with Crippen LogP contribution in [0.15, 0.2) is 26.8 Å². The Balaban J connectivity index is 1.91. The van der Waals surface area contributed by atoms with Crippen molar-refractivity contribution in [2.75, 3.05) is 19.0 Å². The Labute approximate surface area is 134 Å². The first-order valence-corrected chi connectivity index (χ1v) is 8.77. The molecule has 0 atom stereocenters. The van der Waals surface area contributed by atoms with Gasteiger partial charge in [0.2, 0.25) is 0 Å². The summed E-state index contributed by atoms with van der Waals surface area (Å²) in [6, 6.07) is 2.16. The number of hydrogen-bond acceptors (Lipinski definition) is 5. The van der Waals surface area contributed by atoms with E-state index in [2.05, 4.69) is 60.6 Å². The van der Waals surface area contributed by atoms with Crippen molar-refractivity contribution in [2.45, 2.75) is 13.1 Å². The lowest BCUT2D eigenvalue weighted by atomic mass is 10.3. The van der Waals surface area contributed by atoms with Crippen molar-refractivity contribution < 1.29 is 0 Å². The Morgan fingerprint density at radius 3 is 3.00 bits per heavy atom. The Hall–Kier alpha value is -0.890. The maximum atomic E-state index is 4.75. The van der Waals surface area contributed by atoms with E-state index >= 15 is 0 Å². The van der Waals surface area contributed by atoms with Gasteiger partial charge in [-0.05, 0) is 40.0 Å². The summed E-state index contributed by atoms with van der Waals surface area (Å²) in [6.07, 6.45) is 2.08. The molecule has 0 radical (unpaired) electrons. The van der Waals surface area contributed by atoms with Crippen LogP contribution < -0.4 is 10.2 Å². The third-order valence-corrected chi connectivity index (χ3v) is 5.40. The van der Waals surface area contributed by atoms with Gasteiger partial charge in [0, 0.05) is 31.7 Å². The van der Waals surface area contributed by atoms with Crippen molar-refractivity contribution in [3.8, 4) is 0 Å². The van der Waals surface area contributed by atoms with Crippen LogP contribution >= 0.6 is 38.6 Å². The topological polar surface area (TPSA) is 32.6 Å². The zero-order chi connectivity index (χ0) is 14.1. The second kappa shape index (κ2) is 5.85. The molecule has 0 saturated carbocycles. The lowest BCUT2D eigenvalue weighted by Crippen LogP contribution is -2.20. The summed E-state index contributed by atoms with van der Waals surface area (Å²) < 4.78 is 3.33. The van der Waals surface area contributed by atoms with Crippen LogP contribution in [-0.4, -0.2) is 23.5 Å². The number of hydrogen-bond donors (Lipinski definition) is 1. The van der Waals surface area contributed by atoms with Crippen LogP contribution in [0.4, 0.5) is 5.82 Å². The van der Waals surface area contributed by atoms with Crippen molar-refractivity contribution >= 4 is 49.4 Å². The Morgan fingerprint density at radius 2 is 2.30 bits per heavy atom. The van der Waals surface area contributed by atoms with Gasteiger partial charge in [0.05, 0.1) is 9.48 Å². The van der Waals surface area contributed by atoms with E-state index in [4.69, 9.17) is 4.98 Å². The number of nitrogens with zero attached hydrogens (tertiary/aromatic N) is 3. The molecule has 0 amide bonds. The molecule has 106 valence electrons. The second-order valence-corrected chi connectivity index (χ2v) is 7.75. The van der Waals surface area contributed by atoms with Crippen molar-refractivity contribution in [3.05, 3.63) is 38.1 Å². The predicted octanol–water partition coefficient (Wildman–Crippen LogP) is 3.58. The summed E-state index contributed by atoms with van der Waals surface area (Å²) in [5, 5.41) is 7.48. The van der Waals surface area contributed by atoms with E-state index in [1.54, 1.807) is 22.7 Å². The maximum Gasteiger partial charge on any atom is 0.195 e. The number of imidazole rings is 1. The fourth-order valence-corrected chi connectivity index (χ4v) is 4.16. The molecule has 1 N–H and O–H groups in total. The number of aromatic nitrogens is 2. The number of anilines is 1. The summed E-state index contributed by atoms with van der Waals surface area (Å²) in [7, 11) is 4.06. The minimum atomic E-state index is 0.810. The number of halogens is 1. The second-order valence-electron chi connectivity index (χ2n) is 4.58. The number of thiophene rings is 1. The molecule has 3 aromatic rings. The van der Waals surface area contributed by atoms with Crippen LogP contribution in [0.25, 0.3) is 4.96 Å². The molecular formula is C13H15BrN4S2. The largest absolute Gasteiger partial charge is 0.354 e. The lowest BCUT2D eigenvalue weighted by Gasteiger charge is -2.17. The zero-order valence-corrected chi connectivity index (χ0v) is 14.5. The normalized spacial score (nSPS) is 11.3. The van der Waals surface area contributed by atoms with Crippen molar-refractivity contribution in [3.63, 3.8) is 0 Å². The van der Waals surface area contributed by atoms with Crippen LogP contribution in [0.3, 0.4) is 0 Å². The molecule has 0 fully saturated rings. The predicted molar refractivity (Wildman–Crippen MR) is 90.0 cm³/mol. The molecule has 0 aliphatic rings. The van der Waals surface area contributed by atoms with E-state index < -0.39 is 0 Å². The van der Waals surface area contributed by atoms with E-state index in [0.717, 1.165) is 23.9 Å². The van der Waals surface area contributed by atoms with E-state index in [9.17, 15) is 0 Å². The van der Waals surface area contributed by atoms with Crippen molar-refractivity contribution in [1.29, 1.82) is 0 Å². The number of fused-ring (bicyclic) bond motifs is 1. The fourth-order valence-electron chi connectivity index (χ4n) is 2.24. The highest BCUT2D eigenvalue weighted by Crippen LogP contribution is 2.27. The monoisotopic (exact) mass is 370 g/mol. The zero-order valence-electron chi connectivity index (χ0n) is 11.3. The maximum absolute atomic E-state index is 4.75. The molecule has 0 unspecified atom stereocenters. The molecule has 0 bridgehead atoms. The van der Waals surface area contributed by atoms with E-state index in [0.29, 0.717) is 0 Å². The van der Waals surface area contributed by atoms with Gasteiger partial charge in [-0.2, -0.15) is 0 Å². The smallest absolute Gasteiger partial charge is 0.195 e. The Kier molecular flexibility index (Phi) is 4.11. The minimum Gasteiger partial charge on any atom is -0.354 e. The molecule has 4 nitrogen and oxygen atoms in total. The molecule has 0 aliphatic carbocycles. The van der Waals surface area contributed by atoms with Gasteiger partial charge in [-0.25, -0.2) is 4.98 Å². The molecule has 3 heterocycles. The van der Waals surface area contributed by atoms with E-state index in [1.165, 1.54) is 15.0 Å². The first-order valence-electron chi connectivity index (χ1n) is 6.22. The summed E-state index contributed by atoms with van der Waals surface area (Å²) >= 11 is 6.90. The number of nitrogens with one attached hydrogen (secondary N) is 1.